The Morgan fingerprint density at radius 3 is 2.47 bits per heavy atom. The van der Waals surface area contributed by atoms with Crippen LogP contribution in [-0.4, -0.2) is 51.7 Å². The lowest BCUT2D eigenvalue weighted by Gasteiger charge is -2.25. The predicted molar refractivity (Wildman–Crippen MR) is 118 cm³/mol. The number of nitrogens with one attached hydrogen (secondary N) is 2. The molecule has 1 aliphatic carbocycles. The maximum Gasteiger partial charge on any atom is 0.253 e. The summed E-state index contributed by atoms with van der Waals surface area (Å²) in [7, 11) is 5.48. The van der Waals surface area contributed by atoms with Crippen LogP contribution in [0.5, 0.6) is 0 Å². The van der Waals surface area contributed by atoms with Gasteiger partial charge in [0.25, 0.3) is 5.91 Å². The summed E-state index contributed by atoms with van der Waals surface area (Å²) in [5, 5.41) is 15.3. The van der Waals surface area contributed by atoms with Crippen molar-refractivity contribution in [2.45, 2.75) is 58.2 Å². The summed E-state index contributed by atoms with van der Waals surface area (Å²) in [5.74, 6) is 2.55. The van der Waals surface area contributed by atoms with Crippen LogP contribution in [0.3, 0.4) is 0 Å². The van der Waals surface area contributed by atoms with Gasteiger partial charge in [0.1, 0.15) is 5.82 Å². The number of hydrogen-bond acceptors (Lipinski definition) is 4. The van der Waals surface area contributed by atoms with Crippen LogP contribution in [0.2, 0.25) is 0 Å². The van der Waals surface area contributed by atoms with Crippen LogP contribution >= 0.6 is 0 Å². The number of aliphatic imine (C=N–C) groups is 1. The lowest BCUT2D eigenvalue weighted by Crippen LogP contribution is -2.44. The molecule has 0 bridgehead atoms. The van der Waals surface area contributed by atoms with Gasteiger partial charge < -0.3 is 20.1 Å². The Hall–Kier alpha value is -2.90. The molecule has 1 heterocycles. The molecule has 0 radical (unpaired) electrons. The second-order valence-electron chi connectivity index (χ2n) is 8.12. The Morgan fingerprint density at radius 2 is 1.87 bits per heavy atom. The molecule has 30 heavy (non-hydrogen) atoms. The molecular formula is C22H33N7O. The van der Waals surface area contributed by atoms with Crippen molar-refractivity contribution in [3.63, 3.8) is 0 Å². The third-order valence-electron chi connectivity index (χ3n) is 5.57. The minimum atomic E-state index is 0.00495. The zero-order valence-corrected chi connectivity index (χ0v) is 18.5. The highest BCUT2D eigenvalue weighted by molar-refractivity contribution is 5.93. The van der Waals surface area contributed by atoms with Gasteiger partial charge >= 0.3 is 0 Å². The summed E-state index contributed by atoms with van der Waals surface area (Å²) in [6.45, 7) is 3.04. The average Bonchev–Trinajstić information content (AvgIpc) is 3.08. The number of nitrogens with zero attached hydrogens (tertiary/aromatic N) is 5. The molecule has 0 atom stereocenters. The van der Waals surface area contributed by atoms with Gasteiger partial charge in [-0.3, -0.25) is 4.79 Å². The summed E-state index contributed by atoms with van der Waals surface area (Å²) < 4.78 is 1.98. The van der Waals surface area contributed by atoms with Crippen LogP contribution in [0.1, 0.15) is 59.7 Å². The highest BCUT2D eigenvalue weighted by atomic mass is 16.2. The maximum absolute atomic E-state index is 12.1. The minimum Gasteiger partial charge on any atom is -0.354 e. The molecule has 1 fully saturated rings. The van der Waals surface area contributed by atoms with Crippen molar-refractivity contribution in [1.29, 1.82) is 0 Å². The van der Waals surface area contributed by atoms with Crippen molar-refractivity contribution >= 4 is 11.9 Å². The van der Waals surface area contributed by atoms with Gasteiger partial charge in [-0.05, 0) is 37.5 Å². The van der Waals surface area contributed by atoms with Crippen molar-refractivity contribution < 1.29 is 4.79 Å². The number of aryl methyl sites for hydroxylation is 1. The molecule has 2 N–H and O–H groups in total. The lowest BCUT2D eigenvalue weighted by atomic mass is 9.96. The van der Waals surface area contributed by atoms with E-state index in [-0.39, 0.29) is 5.91 Å². The molecule has 1 aromatic carbocycles. The highest BCUT2D eigenvalue weighted by Gasteiger charge is 2.15. The van der Waals surface area contributed by atoms with Crippen LogP contribution in [0.4, 0.5) is 0 Å². The first-order chi connectivity index (χ1) is 14.4. The van der Waals surface area contributed by atoms with Crippen molar-refractivity contribution in [2.75, 3.05) is 14.1 Å². The average molecular weight is 412 g/mol. The van der Waals surface area contributed by atoms with E-state index in [1.807, 2.05) is 42.8 Å². The number of aromatic nitrogens is 3. The number of rotatable bonds is 6. The predicted octanol–water partition coefficient (Wildman–Crippen LogP) is 2.39. The number of carbonyl (C=O) groups is 1. The van der Waals surface area contributed by atoms with Crippen LogP contribution in [0.15, 0.2) is 29.3 Å². The van der Waals surface area contributed by atoms with Gasteiger partial charge in [-0.15, -0.1) is 10.2 Å². The van der Waals surface area contributed by atoms with E-state index >= 15 is 0 Å². The van der Waals surface area contributed by atoms with Gasteiger partial charge in [0, 0.05) is 32.7 Å². The molecule has 2 aromatic rings. The lowest BCUT2D eigenvalue weighted by molar-refractivity contribution is 0.0827. The third kappa shape index (κ3) is 5.81. The summed E-state index contributed by atoms with van der Waals surface area (Å²) in [4.78, 5) is 18.4. The Balaban J connectivity index is 1.67. The van der Waals surface area contributed by atoms with E-state index in [1.54, 1.807) is 19.0 Å². The fraction of sp³-hybridized carbons (Fsp3) is 0.545. The van der Waals surface area contributed by atoms with E-state index in [1.165, 1.54) is 32.1 Å². The van der Waals surface area contributed by atoms with Crippen LogP contribution < -0.4 is 10.6 Å². The zero-order valence-electron chi connectivity index (χ0n) is 18.5. The molecule has 1 saturated carbocycles. The van der Waals surface area contributed by atoms with Crippen LogP contribution in [0.25, 0.3) is 0 Å². The van der Waals surface area contributed by atoms with Gasteiger partial charge in [0.15, 0.2) is 11.8 Å². The molecule has 0 unspecified atom stereocenters. The van der Waals surface area contributed by atoms with Gasteiger partial charge in [0.2, 0.25) is 0 Å². The topological polar surface area (TPSA) is 87.4 Å². The molecule has 1 aromatic heterocycles. The van der Waals surface area contributed by atoms with Crippen LogP contribution in [-0.2, 0) is 20.1 Å². The number of hydrogen-bond donors (Lipinski definition) is 2. The first-order valence-corrected chi connectivity index (χ1v) is 10.6. The molecule has 0 aliphatic heterocycles. The van der Waals surface area contributed by atoms with E-state index in [4.69, 9.17) is 4.99 Å². The van der Waals surface area contributed by atoms with Crippen molar-refractivity contribution in [1.82, 2.24) is 30.3 Å². The molecule has 8 nitrogen and oxygen atoms in total. The van der Waals surface area contributed by atoms with E-state index in [0.717, 1.165) is 23.2 Å². The molecule has 1 aliphatic rings. The fourth-order valence-electron chi connectivity index (χ4n) is 3.54. The summed E-state index contributed by atoms with van der Waals surface area (Å²) in [5.41, 5.74) is 1.74. The van der Waals surface area contributed by atoms with Crippen LogP contribution in [0, 0.1) is 6.92 Å². The smallest absolute Gasteiger partial charge is 0.253 e. The van der Waals surface area contributed by atoms with E-state index < -0.39 is 0 Å². The summed E-state index contributed by atoms with van der Waals surface area (Å²) in [6.07, 6.45) is 6.17. The first kappa shape index (κ1) is 21.8. The molecule has 1 amide bonds. The third-order valence-corrected chi connectivity index (χ3v) is 5.57. The molecule has 0 spiro atoms. The number of benzene rings is 1. The Labute approximate surface area is 178 Å². The fourth-order valence-corrected chi connectivity index (χ4v) is 3.54. The zero-order chi connectivity index (χ0) is 21.5. The van der Waals surface area contributed by atoms with Crippen molar-refractivity contribution in [3.05, 3.63) is 47.0 Å². The summed E-state index contributed by atoms with van der Waals surface area (Å²) in [6, 6.07) is 8.09. The largest absolute Gasteiger partial charge is 0.354 e. The number of carbonyl (C=O) groups excluding carboxylic acids is 1. The Kier molecular flexibility index (Phi) is 7.43. The SMILES string of the molecule is Cc1nnc(CNC(=NCc2ccc(C(=O)N(C)C)cc2)NC2CCCCC2)n1C. The Morgan fingerprint density at radius 1 is 1.17 bits per heavy atom. The molecular weight excluding hydrogens is 378 g/mol. The minimum absolute atomic E-state index is 0.00495. The molecule has 162 valence electrons. The second-order valence-corrected chi connectivity index (χ2v) is 8.12. The first-order valence-electron chi connectivity index (χ1n) is 10.6. The Bertz CT molecular complexity index is 864. The van der Waals surface area contributed by atoms with Gasteiger partial charge in [0.05, 0.1) is 13.1 Å². The second kappa shape index (κ2) is 10.2. The van der Waals surface area contributed by atoms with Gasteiger partial charge in [-0.2, -0.15) is 0 Å². The number of amides is 1. The quantitative estimate of drug-likeness (QED) is 0.563. The van der Waals surface area contributed by atoms with Crippen molar-refractivity contribution in [2.24, 2.45) is 12.0 Å². The normalized spacial score (nSPS) is 15.1. The van der Waals surface area contributed by atoms with E-state index in [2.05, 4.69) is 20.8 Å². The molecule has 0 saturated heterocycles. The van der Waals surface area contributed by atoms with E-state index in [0.29, 0.717) is 24.7 Å². The van der Waals surface area contributed by atoms with Gasteiger partial charge in [-0.1, -0.05) is 31.4 Å². The molecule has 3 rings (SSSR count). The monoisotopic (exact) mass is 411 g/mol. The van der Waals surface area contributed by atoms with Gasteiger partial charge in [-0.25, -0.2) is 4.99 Å². The highest BCUT2D eigenvalue weighted by Crippen LogP contribution is 2.17. The molecule has 8 heteroatoms. The number of guanidine groups is 1. The summed E-state index contributed by atoms with van der Waals surface area (Å²) >= 11 is 0. The van der Waals surface area contributed by atoms with Crippen molar-refractivity contribution in [3.8, 4) is 0 Å². The van der Waals surface area contributed by atoms with E-state index in [9.17, 15) is 4.79 Å². The maximum atomic E-state index is 12.1. The standard InChI is InChI=1S/C22H33N7O/c1-16-26-27-20(29(16)4)15-24-22(25-19-8-6-5-7-9-19)23-14-17-10-12-18(13-11-17)21(30)28(2)3/h10-13,19H,5-9,14-15H2,1-4H3,(H2,23,24,25).